The van der Waals surface area contributed by atoms with Crippen molar-refractivity contribution in [3.63, 3.8) is 0 Å². The summed E-state index contributed by atoms with van der Waals surface area (Å²) in [4.78, 5) is 12.5. The van der Waals surface area contributed by atoms with Crippen molar-refractivity contribution >= 4 is 5.78 Å². The summed E-state index contributed by atoms with van der Waals surface area (Å²) in [6, 6.07) is 13.7. The van der Waals surface area contributed by atoms with E-state index in [1.54, 1.807) is 0 Å². The molecule has 2 rings (SSSR count). The summed E-state index contributed by atoms with van der Waals surface area (Å²) >= 11 is 0. The second kappa shape index (κ2) is 7.07. The molecule has 0 amide bonds. The summed E-state index contributed by atoms with van der Waals surface area (Å²) in [5.41, 5.74) is 4.19. The summed E-state index contributed by atoms with van der Waals surface area (Å²) in [6.07, 6.45) is 1.34. The number of ketones is 1. The SMILES string of the molecule is CCCOc1ccccc1C(=O)Cc1ccc(C)c(C)c1. The number of Topliss-reactive ketones (excluding diaryl/α,β-unsaturated/α-hetero) is 1. The Kier molecular flexibility index (Phi) is 5.15. The van der Waals surface area contributed by atoms with Crippen LogP contribution in [0.5, 0.6) is 5.75 Å². The molecule has 0 saturated heterocycles. The van der Waals surface area contributed by atoms with Gasteiger partial charge in [-0.15, -0.1) is 0 Å². The Morgan fingerprint density at radius 3 is 2.52 bits per heavy atom. The first kappa shape index (κ1) is 15.3. The highest BCUT2D eigenvalue weighted by atomic mass is 16.5. The van der Waals surface area contributed by atoms with Gasteiger partial charge in [0.25, 0.3) is 0 Å². The van der Waals surface area contributed by atoms with Crippen LogP contribution >= 0.6 is 0 Å². The van der Waals surface area contributed by atoms with Crippen molar-refractivity contribution in [3.8, 4) is 5.75 Å². The molecule has 2 nitrogen and oxygen atoms in total. The van der Waals surface area contributed by atoms with Gasteiger partial charge < -0.3 is 4.74 Å². The average Bonchev–Trinajstić information content (AvgIpc) is 2.49. The van der Waals surface area contributed by atoms with Crippen LogP contribution in [0.3, 0.4) is 0 Å². The third-order valence-electron chi connectivity index (χ3n) is 3.59. The molecule has 0 spiro atoms. The zero-order chi connectivity index (χ0) is 15.2. The van der Waals surface area contributed by atoms with E-state index in [2.05, 4.69) is 32.9 Å². The fraction of sp³-hybridized carbons (Fsp3) is 0.316. The van der Waals surface area contributed by atoms with E-state index in [-0.39, 0.29) is 5.78 Å². The van der Waals surface area contributed by atoms with Crippen LogP contribution in [-0.2, 0) is 6.42 Å². The molecule has 0 fully saturated rings. The van der Waals surface area contributed by atoms with Crippen molar-refractivity contribution in [3.05, 3.63) is 64.7 Å². The third-order valence-corrected chi connectivity index (χ3v) is 3.59. The van der Waals surface area contributed by atoms with Crippen molar-refractivity contribution < 1.29 is 9.53 Å². The molecule has 0 N–H and O–H groups in total. The smallest absolute Gasteiger partial charge is 0.170 e. The van der Waals surface area contributed by atoms with Gasteiger partial charge in [-0.25, -0.2) is 0 Å². The van der Waals surface area contributed by atoms with Crippen LogP contribution in [0, 0.1) is 13.8 Å². The van der Waals surface area contributed by atoms with Crippen LogP contribution in [0.2, 0.25) is 0 Å². The number of rotatable bonds is 6. The Morgan fingerprint density at radius 2 is 1.81 bits per heavy atom. The molecule has 0 aromatic heterocycles. The van der Waals surface area contributed by atoms with Gasteiger partial charge in [-0.1, -0.05) is 37.3 Å². The summed E-state index contributed by atoms with van der Waals surface area (Å²) in [7, 11) is 0. The Balaban J connectivity index is 2.18. The number of carbonyl (C=O) groups is 1. The van der Waals surface area contributed by atoms with E-state index in [1.807, 2.05) is 30.3 Å². The second-order valence-electron chi connectivity index (χ2n) is 5.36. The van der Waals surface area contributed by atoms with Crippen molar-refractivity contribution in [2.75, 3.05) is 6.61 Å². The summed E-state index contributed by atoms with van der Waals surface area (Å²) in [5, 5.41) is 0. The Morgan fingerprint density at radius 1 is 1.05 bits per heavy atom. The number of hydrogen-bond acceptors (Lipinski definition) is 2. The van der Waals surface area contributed by atoms with E-state index >= 15 is 0 Å². The largest absolute Gasteiger partial charge is 0.493 e. The molecule has 0 bridgehead atoms. The van der Waals surface area contributed by atoms with Crippen molar-refractivity contribution in [2.24, 2.45) is 0 Å². The molecule has 0 heterocycles. The van der Waals surface area contributed by atoms with E-state index in [0.29, 0.717) is 24.3 Å². The van der Waals surface area contributed by atoms with Crippen LogP contribution in [0.1, 0.15) is 40.4 Å². The van der Waals surface area contributed by atoms with Gasteiger partial charge in [0.05, 0.1) is 12.2 Å². The van der Waals surface area contributed by atoms with Crippen molar-refractivity contribution in [2.45, 2.75) is 33.6 Å². The summed E-state index contributed by atoms with van der Waals surface area (Å²) in [5.74, 6) is 0.790. The summed E-state index contributed by atoms with van der Waals surface area (Å²) in [6.45, 7) is 6.84. The molecular formula is C19H22O2. The maximum atomic E-state index is 12.5. The van der Waals surface area contributed by atoms with Gasteiger partial charge >= 0.3 is 0 Å². The zero-order valence-corrected chi connectivity index (χ0v) is 13.0. The van der Waals surface area contributed by atoms with Crippen LogP contribution in [0.4, 0.5) is 0 Å². The van der Waals surface area contributed by atoms with Gasteiger partial charge in [-0.05, 0) is 49.1 Å². The van der Waals surface area contributed by atoms with Crippen LogP contribution in [0.15, 0.2) is 42.5 Å². The van der Waals surface area contributed by atoms with Gasteiger partial charge in [-0.3, -0.25) is 4.79 Å². The van der Waals surface area contributed by atoms with Gasteiger partial charge in [0, 0.05) is 6.42 Å². The normalized spacial score (nSPS) is 10.4. The average molecular weight is 282 g/mol. The van der Waals surface area contributed by atoms with Gasteiger partial charge in [0.15, 0.2) is 5.78 Å². The Bertz CT molecular complexity index is 629. The zero-order valence-electron chi connectivity index (χ0n) is 13.0. The van der Waals surface area contributed by atoms with E-state index in [1.165, 1.54) is 11.1 Å². The monoisotopic (exact) mass is 282 g/mol. The minimum atomic E-state index is 0.102. The lowest BCUT2D eigenvalue weighted by Gasteiger charge is -2.10. The molecule has 0 atom stereocenters. The number of para-hydroxylation sites is 1. The van der Waals surface area contributed by atoms with Gasteiger partial charge in [0.2, 0.25) is 0 Å². The number of ether oxygens (including phenoxy) is 1. The number of hydrogen-bond donors (Lipinski definition) is 0. The highest BCUT2D eigenvalue weighted by Gasteiger charge is 2.13. The molecule has 0 saturated carbocycles. The molecule has 2 aromatic rings. The number of aryl methyl sites for hydroxylation is 2. The maximum Gasteiger partial charge on any atom is 0.170 e. The predicted molar refractivity (Wildman–Crippen MR) is 86.2 cm³/mol. The minimum absolute atomic E-state index is 0.102. The fourth-order valence-corrected chi connectivity index (χ4v) is 2.23. The van der Waals surface area contributed by atoms with E-state index in [0.717, 1.165) is 12.0 Å². The predicted octanol–water partition coefficient (Wildman–Crippen LogP) is 4.52. The van der Waals surface area contributed by atoms with Crippen LogP contribution in [-0.4, -0.2) is 12.4 Å². The fourth-order valence-electron chi connectivity index (χ4n) is 2.23. The molecule has 0 unspecified atom stereocenters. The van der Waals surface area contributed by atoms with Gasteiger partial charge in [-0.2, -0.15) is 0 Å². The Labute approximate surface area is 126 Å². The number of benzene rings is 2. The Hall–Kier alpha value is -2.09. The first-order valence-electron chi connectivity index (χ1n) is 7.43. The lowest BCUT2D eigenvalue weighted by Crippen LogP contribution is -2.07. The van der Waals surface area contributed by atoms with Crippen LogP contribution in [0.25, 0.3) is 0 Å². The topological polar surface area (TPSA) is 26.3 Å². The molecular weight excluding hydrogens is 260 g/mol. The third kappa shape index (κ3) is 3.94. The molecule has 21 heavy (non-hydrogen) atoms. The standard InChI is InChI=1S/C19H22O2/c1-4-11-21-19-8-6-5-7-17(19)18(20)13-16-10-9-14(2)15(3)12-16/h5-10,12H,4,11,13H2,1-3H3. The van der Waals surface area contributed by atoms with E-state index < -0.39 is 0 Å². The first-order valence-corrected chi connectivity index (χ1v) is 7.43. The summed E-state index contributed by atoms with van der Waals surface area (Å²) < 4.78 is 5.67. The first-order chi connectivity index (χ1) is 10.1. The minimum Gasteiger partial charge on any atom is -0.493 e. The molecule has 0 aliphatic carbocycles. The quantitative estimate of drug-likeness (QED) is 0.728. The van der Waals surface area contributed by atoms with Gasteiger partial charge in [0.1, 0.15) is 5.75 Å². The maximum absolute atomic E-state index is 12.5. The molecule has 0 aliphatic heterocycles. The lowest BCUT2D eigenvalue weighted by atomic mass is 9.99. The number of carbonyl (C=O) groups excluding carboxylic acids is 1. The lowest BCUT2D eigenvalue weighted by molar-refractivity contribution is 0.0989. The molecule has 110 valence electrons. The highest BCUT2D eigenvalue weighted by Crippen LogP contribution is 2.21. The molecule has 2 aromatic carbocycles. The molecule has 0 aliphatic rings. The van der Waals surface area contributed by atoms with E-state index in [9.17, 15) is 4.79 Å². The van der Waals surface area contributed by atoms with Crippen LogP contribution < -0.4 is 4.74 Å². The highest BCUT2D eigenvalue weighted by molar-refractivity contribution is 6.00. The second-order valence-corrected chi connectivity index (χ2v) is 5.36. The van der Waals surface area contributed by atoms with Crippen molar-refractivity contribution in [1.82, 2.24) is 0 Å². The molecule has 0 radical (unpaired) electrons. The molecule has 2 heteroatoms. The van der Waals surface area contributed by atoms with Crippen molar-refractivity contribution in [1.29, 1.82) is 0 Å². The van der Waals surface area contributed by atoms with E-state index in [4.69, 9.17) is 4.74 Å².